The van der Waals surface area contributed by atoms with E-state index in [0.29, 0.717) is 0 Å². The van der Waals surface area contributed by atoms with Crippen LogP contribution in [0, 0.1) is 11.3 Å². The van der Waals surface area contributed by atoms with Crippen LogP contribution in [0.5, 0.6) is 0 Å². The molecule has 2 nitrogen and oxygen atoms in total. The second-order valence-corrected chi connectivity index (χ2v) is 2.99. The standard InChI is InChI=1S/2C5H5.C4H5N2.3CH4S.2Mo/c2*1-2-4-5-3-1;1-4(6)2-3-5;3*1-2;;/h2*1-5H;2H2,1H3;3*2H,1H3;;/q3*-1;;;;;/p-3. The van der Waals surface area contributed by atoms with Crippen molar-refractivity contribution in [2.24, 2.45) is 0 Å². The quantitative estimate of drug-likeness (QED) is 0.234. The maximum atomic E-state index is 8.25. The van der Waals surface area contributed by atoms with Gasteiger partial charge in [0.15, 0.2) is 0 Å². The van der Waals surface area contributed by atoms with Crippen molar-refractivity contribution in [2.45, 2.75) is 13.3 Å². The number of nitriles is 1. The summed E-state index contributed by atoms with van der Waals surface area (Å²) in [6.07, 6.45) is 4.90. The molecule has 0 aliphatic heterocycles. The van der Waals surface area contributed by atoms with E-state index in [1.807, 2.05) is 60.7 Å². The summed E-state index contributed by atoms with van der Waals surface area (Å²) in [5.41, 5.74) is 0.178. The van der Waals surface area contributed by atoms with Gasteiger partial charge in [-0.15, -0.1) is 0 Å². The van der Waals surface area contributed by atoms with Crippen LogP contribution in [0.15, 0.2) is 60.7 Å². The van der Waals surface area contributed by atoms with Crippen molar-refractivity contribution in [2.75, 3.05) is 18.8 Å². The molecule has 2 aromatic rings. The molecule has 0 aliphatic carbocycles. The summed E-state index contributed by atoms with van der Waals surface area (Å²) in [6.45, 7) is 1.50. The van der Waals surface area contributed by atoms with Crippen LogP contribution in [-0.2, 0) is 80.0 Å². The summed E-state index contributed by atoms with van der Waals surface area (Å²) < 4.78 is 0. The van der Waals surface area contributed by atoms with Gasteiger partial charge in [0, 0.05) is 48.6 Å². The van der Waals surface area contributed by atoms with Gasteiger partial charge < -0.3 is 43.3 Å². The van der Waals surface area contributed by atoms with Crippen LogP contribution in [-0.4, -0.2) is 24.5 Å². The van der Waals surface area contributed by atoms with Crippen LogP contribution in [0.4, 0.5) is 0 Å². The van der Waals surface area contributed by atoms with Crippen LogP contribution in [0.2, 0.25) is 0 Å². The summed E-state index contributed by atoms with van der Waals surface area (Å²) >= 11 is 12.2. The molecule has 0 fully saturated rings. The first-order valence-corrected chi connectivity index (χ1v) is 8.66. The van der Waals surface area contributed by atoms with Crippen LogP contribution in [0.25, 0.3) is 5.41 Å². The molecular weight excluding hydrogens is 520 g/mol. The zero-order valence-corrected chi connectivity index (χ0v) is 20.9. The van der Waals surface area contributed by atoms with Crippen molar-refractivity contribution >= 4 is 43.6 Å². The summed E-state index contributed by atoms with van der Waals surface area (Å²) in [7, 11) is 0. The minimum absolute atomic E-state index is 0. The first-order chi connectivity index (χ1) is 10.8. The van der Waals surface area contributed by atoms with E-state index in [-0.39, 0.29) is 54.3 Å². The molecule has 0 amide bonds. The van der Waals surface area contributed by atoms with E-state index in [9.17, 15) is 0 Å². The molecule has 0 unspecified atom stereocenters. The fourth-order valence-corrected chi connectivity index (χ4v) is 0.756. The Morgan fingerprint density at radius 3 is 1.12 bits per heavy atom. The third-order valence-corrected chi connectivity index (χ3v) is 1.45. The molecule has 0 saturated heterocycles. The first-order valence-electron chi connectivity index (χ1n) is 6.21. The number of rotatable bonds is 1. The van der Waals surface area contributed by atoms with E-state index < -0.39 is 0 Å². The molecule has 0 aliphatic rings. The molecule has 138 valence electrons. The number of hydrogen-bond acceptors (Lipinski definition) is 4. The Morgan fingerprint density at radius 1 is 0.833 bits per heavy atom. The average Bonchev–Trinajstić information content (AvgIpc) is 3.31. The summed E-state index contributed by atoms with van der Waals surface area (Å²) in [5.74, 6) is 0. The molecule has 0 atom stereocenters. The third kappa shape index (κ3) is 57.2. The van der Waals surface area contributed by atoms with Crippen LogP contribution in [0.1, 0.15) is 13.3 Å². The molecule has 0 radical (unpaired) electrons. The zero-order chi connectivity index (χ0) is 18.1. The molecule has 0 saturated carbocycles. The molecule has 7 heteroatoms. The molecular formula is C17H24Mo2N2S3-6. The van der Waals surface area contributed by atoms with Gasteiger partial charge in [-0.25, -0.2) is 24.3 Å². The Balaban J connectivity index is -0.0000000423. The van der Waals surface area contributed by atoms with E-state index >= 15 is 0 Å². The fraction of sp³-hybridized carbons (Fsp3) is 0.294. The van der Waals surface area contributed by atoms with Crippen LogP contribution in [0.3, 0.4) is 0 Å². The molecule has 2 aromatic carbocycles. The fourth-order valence-electron chi connectivity index (χ4n) is 0.756. The largest absolute Gasteiger partial charge is 0.811 e. The first kappa shape index (κ1) is 39.4. The Labute approximate surface area is 193 Å². The molecule has 24 heavy (non-hydrogen) atoms. The second kappa shape index (κ2) is 49.5. The van der Waals surface area contributed by atoms with Gasteiger partial charge in [-0.05, 0) is 0 Å². The molecule has 2 rings (SSSR count). The summed E-state index contributed by atoms with van der Waals surface area (Å²) in [6, 6.07) is 21.8. The van der Waals surface area contributed by atoms with Crippen LogP contribution < -0.4 is 0 Å². The van der Waals surface area contributed by atoms with E-state index in [0.717, 1.165) is 0 Å². The monoisotopic (exact) mass is 548 g/mol. The molecule has 0 N–H and O–H groups in total. The van der Waals surface area contributed by atoms with Gasteiger partial charge >= 0.3 is 0 Å². The van der Waals surface area contributed by atoms with Crippen molar-refractivity contribution in [1.82, 2.24) is 0 Å². The number of nitrogens with zero attached hydrogens (tertiary/aromatic N) is 2. The Morgan fingerprint density at radius 2 is 1.08 bits per heavy atom. The topological polar surface area (TPSA) is 46.1 Å². The van der Waals surface area contributed by atoms with Gasteiger partial charge in [-0.2, -0.15) is 66.1 Å². The van der Waals surface area contributed by atoms with Crippen molar-refractivity contribution in [3.8, 4) is 6.07 Å². The summed E-state index contributed by atoms with van der Waals surface area (Å²) in [5, 5.41) is 16.1. The molecule has 0 bridgehead atoms. The van der Waals surface area contributed by atoms with Gasteiger partial charge in [0.2, 0.25) is 0 Å². The van der Waals surface area contributed by atoms with Crippen LogP contribution >= 0.6 is 0 Å². The third-order valence-electron chi connectivity index (χ3n) is 1.45. The predicted octanol–water partition coefficient (Wildman–Crippen LogP) is 4.23. The van der Waals surface area contributed by atoms with E-state index in [1.54, 1.807) is 24.8 Å². The number of hydrogen-bond donors (Lipinski definition) is 0. The van der Waals surface area contributed by atoms with Gasteiger partial charge in [0.25, 0.3) is 0 Å². The van der Waals surface area contributed by atoms with Gasteiger partial charge in [0.05, 0.1) is 6.07 Å². The smallest absolute Gasteiger partial charge is 0.0646 e. The second-order valence-electron chi connectivity index (χ2n) is 2.99. The normalized spacial score (nSPS) is 5.75. The van der Waals surface area contributed by atoms with Gasteiger partial charge in [-0.1, -0.05) is 6.92 Å². The molecule has 0 spiro atoms. The van der Waals surface area contributed by atoms with E-state index in [4.69, 9.17) is 10.7 Å². The Bertz CT molecular complexity index is 326. The van der Waals surface area contributed by atoms with Gasteiger partial charge in [0.1, 0.15) is 0 Å². The van der Waals surface area contributed by atoms with Crippen molar-refractivity contribution in [1.29, 1.82) is 5.26 Å². The SMILES string of the molecule is CC(=[N-])CC#N.C[S-].C[S-].C[S-].[Mo].[Mo].c1cc[cH-]c1.c1cc[cH-]c1. The minimum Gasteiger partial charge on any atom is -0.811 e. The minimum atomic E-state index is 0. The van der Waals surface area contributed by atoms with E-state index in [2.05, 4.69) is 37.9 Å². The Kier molecular flexibility index (Phi) is 81.2. The zero-order valence-electron chi connectivity index (χ0n) is 14.4. The molecule has 0 aromatic heterocycles. The van der Waals surface area contributed by atoms with Crippen molar-refractivity contribution < 1.29 is 42.1 Å². The van der Waals surface area contributed by atoms with Crippen molar-refractivity contribution in [3.05, 3.63) is 66.1 Å². The summed E-state index contributed by atoms with van der Waals surface area (Å²) in [4.78, 5) is 0. The molecule has 0 heterocycles. The van der Waals surface area contributed by atoms with E-state index in [1.165, 1.54) is 6.92 Å². The Hall–Kier alpha value is 0.287. The predicted molar refractivity (Wildman–Crippen MR) is 108 cm³/mol. The van der Waals surface area contributed by atoms with Gasteiger partial charge in [-0.3, -0.25) is 0 Å². The average molecular weight is 544 g/mol. The maximum Gasteiger partial charge on any atom is 0.0646 e. The maximum absolute atomic E-state index is 8.25. The van der Waals surface area contributed by atoms with Crippen molar-refractivity contribution in [3.63, 3.8) is 0 Å².